The van der Waals surface area contributed by atoms with Gasteiger partial charge in [0.25, 0.3) is 0 Å². The Morgan fingerprint density at radius 1 is 1.40 bits per heavy atom. The molecule has 0 aliphatic carbocycles. The first-order valence-corrected chi connectivity index (χ1v) is 7.28. The third-order valence-electron chi connectivity index (χ3n) is 4.13. The first-order valence-electron chi connectivity index (χ1n) is 7.28. The van der Waals surface area contributed by atoms with Crippen molar-refractivity contribution >= 4 is 5.91 Å². The molecule has 2 heterocycles. The molecular formula is C16H22N2O2. The molecule has 1 aromatic carbocycles. The molecule has 1 atom stereocenters. The molecule has 4 heteroatoms. The minimum absolute atomic E-state index is 0.0613. The Morgan fingerprint density at radius 3 is 3.00 bits per heavy atom. The molecule has 108 valence electrons. The zero-order valence-corrected chi connectivity index (χ0v) is 12.2. The van der Waals surface area contributed by atoms with Crippen molar-refractivity contribution in [1.82, 2.24) is 10.2 Å². The van der Waals surface area contributed by atoms with Crippen LogP contribution in [0.3, 0.4) is 0 Å². The molecule has 4 nitrogen and oxygen atoms in total. The Hall–Kier alpha value is -1.39. The molecule has 0 saturated carbocycles. The largest absolute Gasteiger partial charge is 0.372 e. The number of morpholine rings is 1. The molecule has 3 rings (SSSR count). The van der Waals surface area contributed by atoms with Crippen LogP contribution in [0.2, 0.25) is 0 Å². The minimum Gasteiger partial charge on any atom is -0.372 e. The molecule has 0 aromatic heterocycles. The van der Waals surface area contributed by atoms with Crippen LogP contribution < -0.4 is 5.32 Å². The van der Waals surface area contributed by atoms with Gasteiger partial charge in [-0.25, -0.2) is 0 Å². The van der Waals surface area contributed by atoms with Crippen LogP contribution in [-0.4, -0.2) is 42.6 Å². The summed E-state index contributed by atoms with van der Waals surface area (Å²) in [6.07, 6.45) is 0. The number of hydrogen-bond acceptors (Lipinski definition) is 3. The molecule has 2 aliphatic rings. The van der Waals surface area contributed by atoms with E-state index >= 15 is 0 Å². The standard InChI is InChI=1S/C16H22N2O2/c1-16(2)11-18(7-8-20-16)15(19)14-10-17-9-12-5-3-4-6-13(12)14/h3-6,14,17H,7-11H2,1-2H3. The third kappa shape index (κ3) is 2.58. The molecule has 0 spiro atoms. The first-order chi connectivity index (χ1) is 9.57. The number of benzene rings is 1. The number of carbonyl (C=O) groups is 1. The van der Waals surface area contributed by atoms with Gasteiger partial charge in [0.1, 0.15) is 0 Å². The van der Waals surface area contributed by atoms with Gasteiger partial charge in [-0.15, -0.1) is 0 Å². The van der Waals surface area contributed by atoms with Crippen molar-refractivity contribution in [1.29, 1.82) is 0 Å². The highest BCUT2D eigenvalue weighted by Crippen LogP contribution is 2.27. The number of nitrogens with one attached hydrogen (secondary N) is 1. The van der Waals surface area contributed by atoms with Crippen LogP contribution in [0.4, 0.5) is 0 Å². The Labute approximate surface area is 120 Å². The second-order valence-electron chi connectivity index (χ2n) is 6.25. The summed E-state index contributed by atoms with van der Waals surface area (Å²) in [5.41, 5.74) is 2.18. The highest BCUT2D eigenvalue weighted by molar-refractivity contribution is 5.85. The van der Waals surface area contributed by atoms with Crippen LogP contribution >= 0.6 is 0 Å². The Bertz CT molecular complexity index is 513. The molecule has 1 fully saturated rings. The minimum atomic E-state index is -0.241. The van der Waals surface area contributed by atoms with Crippen LogP contribution in [0.1, 0.15) is 30.9 Å². The highest BCUT2D eigenvalue weighted by atomic mass is 16.5. The van der Waals surface area contributed by atoms with Crippen LogP contribution in [0.5, 0.6) is 0 Å². The van der Waals surface area contributed by atoms with E-state index in [0.29, 0.717) is 19.7 Å². The van der Waals surface area contributed by atoms with Gasteiger partial charge in [-0.2, -0.15) is 0 Å². The molecule has 1 N–H and O–H groups in total. The molecule has 20 heavy (non-hydrogen) atoms. The fourth-order valence-electron chi connectivity index (χ4n) is 3.14. The molecular weight excluding hydrogens is 252 g/mol. The molecule has 0 radical (unpaired) electrons. The van der Waals surface area contributed by atoms with Crippen LogP contribution in [-0.2, 0) is 16.1 Å². The quantitative estimate of drug-likeness (QED) is 0.844. The Morgan fingerprint density at radius 2 is 2.20 bits per heavy atom. The van der Waals surface area contributed by atoms with E-state index in [1.54, 1.807) is 0 Å². The maximum atomic E-state index is 12.8. The number of carbonyl (C=O) groups excluding carboxylic acids is 1. The lowest BCUT2D eigenvalue weighted by Gasteiger charge is -2.40. The normalized spacial score (nSPS) is 25.1. The van der Waals surface area contributed by atoms with Gasteiger partial charge >= 0.3 is 0 Å². The average molecular weight is 274 g/mol. The summed E-state index contributed by atoms with van der Waals surface area (Å²) in [5.74, 6) is 0.162. The molecule has 2 aliphatic heterocycles. The van der Waals surface area contributed by atoms with E-state index < -0.39 is 0 Å². The SMILES string of the molecule is CC1(C)CN(C(=O)C2CNCc3ccccc32)CCO1. The summed E-state index contributed by atoms with van der Waals surface area (Å²) in [7, 11) is 0. The van der Waals surface area contributed by atoms with E-state index in [2.05, 4.69) is 17.4 Å². The van der Waals surface area contributed by atoms with E-state index in [-0.39, 0.29) is 17.4 Å². The fourth-order valence-corrected chi connectivity index (χ4v) is 3.14. The van der Waals surface area contributed by atoms with Crippen LogP contribution in [0.15, 0.2) is 24.3 Å². The zero-order valence-electron chi connectivity index (χ0n) is 12.2. The van der Waals surface area contributed by atoms with E-state index in [1.165, 1.54) is 11.1 Å². The number of rotatable bonds is 1. The van der Waals surface area contributed by atoms with Gasteiger partial charge in [-0.3, -0.25) is 4.79 Å². The van der Waals surface area contributed by atoms with Crippen LogP contribution in [0, 0.1) is 0 Å². The second-order valence-corrected chi connectivity index (χ2v) is 6.25. The van der Waals surface area contributed by atoms with E-state index in [1.807, 2.05) is 30.9 Å². The Kier molecular flexibility index (Phi) is 3.52. The molecule has 1 unspecified atom stereocenters. The van der Waals surface area contributed by atoms with Crippen molar-refractivity contribution in [3.05, 3.63) is 35.4 Å². The lowest BCUT2D eigenvalue weighted by atomic mass is 9.89. The van der Waals surface area contributed by atoms with E-state index in [9.17, 15) is 4.79 Å². The van der Waals surface area contributed by atoms with Gasteiger partial charge in [0.15, 0.2) is 0 Å². The number of hydrogen-bond donors (Lipinski definition) is 1. The topological polar surface area (TPSA) is 41.6 Å². The van der Waals surface area contributed by atoms with Gasteiger partial charge in [0, 0.05) is 26.2 Å². The summed E-state index contributed by atoms with van der Waals surface area (Å²) in [5, 5.41) is 3.35. The fraction of sp³-hybridized carbons (Fsp3) is 0.562. The van der Waals surface area contributed by atoms with Crippen molar-refractivity contribution in [2.45, 2.75) is 31.9 Å². The maximum absolute atomic E-state index is 12.8. The molecule has 1 amide bonds. The number of fused-ring (bicyclic) bond motifs is 1. The van der Waals surface area contributed by atoms with Gasteiger partial charge in [-0.1, -0.05) is 24.3 Å². The van der Waals surface area contributed by atoms with E-state index in [0.717, 1.165) is 13.1 Å². The van der Waals surface area contributed by atoms with Gasteiger partial charge in [0.2, 0.25) is 5.91 Å². The van der Waals surface area contributed by atoms with Crippen molar-refractivity contribution in [2.24, 2.45) is 0 Å². The number of ether oxygens (including phenoxy) is 1. The average Bonchev–Trinajstić information content (AvgIpc) is 2.45. The Balaban J connectivity index is 1.81. The number of nitrogens with zero attached hydrogens (tertiary/aromatic N) is 1. The summed E-state index contributed by atoms with van der Waals surface area (Å²) < 4.78 is 5.69. The highest BCUT2D eigenvalue weighted by Gasteiger charge is 2.35. The summed E-state index contributed by atoms with van der Waals surface area (Å²) in [6.45, 7) is 7.66. The second kappa shape index (κ2) is 5.19. The van der Waals surface area contributed by atoms with Crippen LogP contribution in [0.25, 0.3) is 0 Å². The van der Waals surface area contributed by atoms with Gasteiger partial charge in [0.05, 0.1) is 18.1 Å². The van der Waals surface area contributed by atoms with Gasteiger partial charge in [-0.05, 0) is 25.0 Å². The maximum Gasteiger partial charge on any atom is 0.231 e. The molecule has 0 bridgehead atoms. The summed E-state index contributed by atoms with van der Waals surface area (Å²) in [6, 6.07) is 8.24. The molecule has 1 aromatic rings. The monoisotopic (exact) mass is 274 g/mol. The smallest absolute Gasteiger partial charge is 0.231 e. The molecule has 1 saturated heterocycles. The lowest BCUT2D eigenvalue weighted by molar-refractivity contribution is -0.147. The van der Waals surface area contributed by atoms with Crippen molar-refractivity contribution < 1.29 is 9.53 Å². The predicted octanol–water partition coefficient (Wildman–Crippen LogP) is 1.51. The lowest BCUT2D eigenvalue weighted by Crippen LogP contribution is -2.53. The first kappa shape index (κ1) is 13.6. The third-order valence-corrected chi connectivity index (χ3v) is 4.13. The van der Waals surface area contributed by atoms with Gasteiger partial charge < -0.3 is 15.0 Å². The van der Waals surface area contributed by atoms with Crippen molar-refractivity contribution in [3.8, 4) is 0 Å². The van der Waals surface area contributed by atoms with Crippen molar-refractivity contribution in [2.75, 3.05) is 26.2 Å². The van der Waals surface area contributed by atoms with E-state index in [4.69, 9.17) is 4.74 Å². The summed E-state index contributed by atoms with van der Waals surface area (Å²) in [4.78, 5) is 14.8. The summed E-state index contributed by atoms with van der Waals surface area (Å²) >= 11 is 0. The number of amides is 1. The predicted molar refractivity (Wildman–Crippen MR) is 77.5 cm³/mol. The zero-order chi connectivity index (χ0) is 14.2. The van der Waals surface area contributed by atoms with Crippen molar-refractivity contribution in [3.63, 3.8) is 0 Å².